The van der Waals surface area contributed by atoms with Gasteiger partial charge < -0.3 is 15.5 Å². The predicted molar refractivity (Wildman–Crippen MR) is 168 cm³/mol. The molecule has 0 bridgehead atoms. The lowest BCUT2D eigenvalue weighted by Gasteiger charge is -2.36. The Labute approximate surface area is 242 Å². The van der Waals surface area contributed by atoms with Gasteiger partial charge in [-0.25, -0.2) is 0 Å². The molecule has 2 heterocycles. The molecule has 1 aromatic heterocycles. The summed E-state index contributed by atoms with van der Waals surface area (Å²) < 4.78 is 0. The highest BCUT2D eigenvalue weighted by atomic mass is 15.3. The molecule has 2 radical (unpaired) electrons. The highest BCUT2D eigenvalue weighted by molar-refractivity contribution is 6.24. The van der Waals surface area contributed by atoms with Gasteiger partial charge in [-0.1, -0.05) is 68.9 Å². The molecule has 0 spiro atoms. The number of pyridine rings is 1. The number of benzene rings is 1. The van der Waals surface area contributed by atoms with E-state index in [0.717, 1.165) is 54.3 Å². The van der Waals surface area contributed by atoms with E-state index >= 15 is 0 Å². The largest absolute Gasteiger partial charge is 0.391 e. The SMILES string of the molecule is CC.[B]/C(C=C)=C1\NC(C(CCNC=C)CCc2cccc(C(C)C#N)c2)=CC(=NCc2cccnc2)N1CC. The van der Waals surface area contributed by atoms with Crippen molar-refractivity contribution in [3.05, 3.63) is 114 Å². The van der Waals surface area contributed by atoms with Gasteiger partial charge in [0.05, 0.1) is 18.5 Å². The van der Waals surface area contributed by atoms with E-state index in [0.29, 0.717) is 18.6 Å². The molecule has 208 valence electrons. The van der Waals surface area contributed by atoms with Crippen LogP contribution in [-0.4, -0.2) is 36.7 Å². The Morgan fingerprint density at radius 2 is 2.00 bits per heavy atom. The lowest BCUT2D eigenvalue weighted by atomic mass is 9.89. The molecule has 1 aliphatic heterocycles. The van der Waals surface area contributed by atoms with Gasteiger partial charge in [0.2, 0.25) is 0 Å². The van der Waals surface area contributed by atoms with Crippen LogP contribution in [0.1, 0.15) is 63.1 Å². The zero-order valence-electron chi connectivity index (χ0n) is 24.5. The summed E-state index contributed by atoms with van der Waals surface area (Å²) in [7, 11) is 6.40. The van der Waals surface area contributed by atoms with Gasteiger partial charge in [0.15, 0.2) is 0 Å². The number of hydrogen-bond acceptors (Lipinski definition) is 5. The van der Waals surface area contributed by atoms with E-state index in [-0.39, 0.29) is 11.8 Å². The topological polar surface area (TPSA) is 76.3 Å². The first-order valence-electron chi connectivity index (χ1n) is 14.1. The smallest absolute Gasteiger partial charge is 0.131 e. The predicted octanol–water partition coefficient (Wildman–Crippen LogP) is 6.34. The van der Waals surface area contributed by atoms with E-state index in [4.69, 9.17) is 12.8 Å². The quantitative estimate of drug-likeness (QED) is 0.232. The normalized spacial score (nSPS) is 16.3. The van der Waals surface area contributed by atoms with Crippen LogP contribution in [0, 0.1) is 17.2 Å². The van der Waals surface area contributed by atoms with Crippen molar-refractivity contribution in [1.82, 2.24) is 20.5 Å². The molecule has 0 aliphatic carbocycles. The zero-order chi connectivity index (χ0) is 29.3. The fraction of sp³-hybridized carbons (Fsp3) is 0.364. The van der Waals surface area contributed by atoms with Gasteiger partial charge in [-0.15, -0.1) is 0 Å². The summed E-state index contributed by atoms with van der Waals surface area (Å²) in [5.74, 6) is 1.75. The fourth-order valence-electron chi connectivity index (χ4n) is 4.48. The maximum Gasteiger partial charge on any atom is 0.131 e. The van der Waals surface area contributed by atoms with E-state index < -0.39 is 0 Å². The van der Waals surface area contributed by atoms with Crippen molar-refractivity contribution in [2.75, 3.05) is 13.1 Å². The number of amidine groups is 1. The second-order valence-electron chi connectivity index (χ2n) is 9.29. The van der Waals surface area contributed by atoms with Gasteiger partial charge >= 0.3 is 0 Å². The first kappa shape index (κ1) is 32.2. The molecule has 0 amide bonds. The van der Waals surface area contributed by atoms with E-state index in [1.807, 2.05) is 51.2 Å². The molecule has 2 atom stereocenters. The average Bonchev–Trinajstić information content (AvgIpc) is 3.02. The fourth-order valence-corrected chi connectivity index (χ4v) is 4.48. The van der Waals surface area contributed by atoms with Crippen LogP contribution in [0.5, 0.6) is 0 Å². The summed E-state index contributed by atoms with van der Waals surface area (Å²) in [6.07, 6.45) is 11.9. The molecule has 0 fully saturated rings. The molecule has 2 aromatic rings. The Balaban J connectivity index is 0.00000274. The lowest BCUT2D eigenvalue weighted by molar-refractivity contribution is 0.437. The Morgan fingerprint density at radius 1 is 1.23 bits per heavy atom. The molecule has 0 saturated carbocycles. The van der Waals surface area contributed by atoms with Crippen LogP contribution in [0.4, 0.5) is 0 Å². The number of allylic oxidation sites excluding steroid dienone is 3. The monoisotopic (exact) mass is 534 g/mol. The molecule has 7 heteroatoms. The molecular weight excluding hydrogens is 491 g/mol. The zero-order valence-corrected chi connectivity index (χ0v) is 24.5. The van der Waals surface area contributed by atoms with E-state index in [1.165, 1.54) is 5.56 Å². The number of rotatable bonds is 13. The van der Waals surface area contributed by atoms with Crippen molar-refractivity contribution < 1.29 is 0 Å². The molecule has 0 saturated heterocycles. The number of nitriles is 1. The lowest BCUT2D eigenvalue weighted by Crippen LogP contribution is -2.43. The van der Waals surface area contributed by atoms with Crippen molar-refractivity contribution in [2.24, 2.45) is 10.9 Å². The van der Waals surface area contributed by atoms with Crippen molar-refractivity contribution in [1.29, 1.82) is 5.26 Å². The van der Waals surface area contributed by atoms with Gasteiger partial charge in [0.1, 0.15) is 19.5 Å². The average molecular weight is 535 g/mol. The minimum Gasteiger partial charge on any atom is -0.391 e. The third kappa shape index (κ3) is 9.30. The van der Waals surface area contributed by atoms with E-state index in [2.05, 4.69) is 64.9 Å². The number of nitrogens with one attached hydrogen (secondary N) is 2. The summed E-state index contributed by atoms with van der Waals surface area (Å²) in [6, 6.07) is 14.6. The van der Waals surface area contributed by atoms with Crippen LogP contribution in [0.25, 0.3) is 0 Å². The second kappa shape index (κ2) is 17.5. The van der Waals surface area contributed by atoms with Gasteiger partial charge in [0, 0.05) is 43.2 Å². The number of aryl methyl sites for hydroxylation is 1. The molecule has 1 aromatic carbocycles. The van der Waals surface area contributed by atoms with Crippen molar-refractivity contribution in [3.63, 3.8) is 0 Å². The highest BCUT2D eigenvalue weighted by Gasteiger charge is 2.26. The van der Waals surface area contributed by atoms with E-state index in [1.54, 1.807) is 18.5 Å². The third-order valence-corrected chi connectivity index (χ3v) is 6.70. The Bertz CT molecular complexity index is 1230. The van der Waals surface area contributed by atoms with Gasteiger partial charge in [-0.3, -0.25) is 9.98 Å². The van der Waals surface area contributed by atoms with Crippen molar-refractivity contribution in [3.8, 4) is 6.07 Å². The van der Waals surface area contributed by atoms with Crippen LogP contribution >= 0.6 is 0 Å². The Hall–Kier alpha value is -4.05. The summed E-state index contributed by atoms with van der Waals surface area (Å²) in [5, 5.41) is 16.2. The van der Waals surface area contributed by atoms with Crippen LogP contribution in [0.15, 0.2) is 102 Å². The first-order valence-corrected chi connectivity index (χ1v) is 14.1. The number of aromatic nitrogens is 1. The third-order valence-electron chi connectivity index (χ3n) is 6.70. The number of likely N-dealkylation sites (N-methyl/N-ethyl adjacent to an activating group) is 1. The van der Waals surface area contributed by atoms with Crippen molar-refractivity contribution in [2.45, 2.75) is 59.4 Å². The first-order chi connectivity index (χ1) is 19.5. The van der Waals surface area contributed by atoms with Gasteiger partial charge in [-0.05, 0) is 62.1 Å². The number of hydrogen-bond donors (Lipinski definition) is 2. The molecule has 6 nitrogen and oxygen atoms in total. The molecule has 40 heavy (non-hydrogen) atoms. The Morgan fingerprint density at radius 3 is 2.65 bits per heavy atom. The molecule has 1 aliphatic rings. The molecular formula is C33H43BN6. The summed E-state index contributed by atoms with van der Waals surface area (Å²) in [5.41, 5.74) is 4.98. The molecule has 3 rings (SSSR count). The molecule has 2 unspecified atom stereocenters. The van der Waals surface area contributed by atoms with E-state index in [9.17, 15) is 5.26 Å². The second-order valence-corrected chi connectivity index (χ2v) is 9.29. The van der Waals surface area contributed by atoms with Crippen LogP contribution in [0.2, 0.25) is 0 Å². The van der Waals surface area contributed by atoms with Crippen molar-refractivity contribution >= 4 is 13.7 Å². The number of nitrogens with zero attached hydrogens (tertiary/aromatic N) is 4. The van der Waals surface area contributed by atoms with Crippen LogP contribution in [0.3, 0.4) is 0 Å². The van der Waals surface area contributed by atoms with Gasteiger partial charge in [0.25, 0.3) is 0 Å². The maximum absolute atomic E-state index is 9.34. The summed E-state index contributed by atoms with van der Waals surface area (Å²) >= 11 is 0. The Kier molecular flexibility index (Phi) is 14.1. The van der Waals surface area contributed by atoms with Crippen LogP contribution in [-0.2, 0) is 13.0 Å². The summed E-state index contributed by atoms with van der Waals surface area (Å²) in [4.78, 5) is 11.3. The standard InChI is InChI=1S/C31H37BN6.C2H6/c1-5-28(32)31-37-29(19-30(38(31)7-3)36-22-25-11-9-16-35-21-25)26(15-17-34-6-2)14-13-24-10-8-12-27(18-24)23(4)20-33;1-2/h5-6,8-12,16,18-19,21,23,26,34,37H,1-2,7,13-15,17,22H2,3-4H3;1-2H3/b31-28+,36-30?;. The number of aliphatic imine (C=N–C) groups is 1. The molecule has 2 N–H and O–H groups in total. The highest BCUT2D eigenvalue weighted by Crippen LogP contribution is 2.27. The minimum absolute atomic E-state index is 0.126. The minimum atomic E-state index is -0.126. The summed E-state index contributed by atoms with van der Waals surface area (Å²) in [6.45, 7) is 17.7. The maximum atomic E-state index is 9.34. The van der Waals surface area contributed by atoms with Gasteiger partial charge in [-0.2, -0.15) is 5.26 Å². The van der Waals surface area contributed by atoms with Crippen LogP contribution < -0.4 is 10.6 Å².